The van der Waals surface area contributed by atoms with E-state index in [4.69, 9.17) is 0 Å². The lowest BCUT2D eigenvalue weighted by molar-refractivity contribution is 0.523. The van der Waals surface area contributed by atoms with E-state index < -0.39 is 0 Å². The van der Waals surface area contributed by atoms with Crippen molar-refractivity contribution in [3.8, 4) is 0 Å². The molecule has 3 rings (SSSR count). The highest BCUT2D eigenvalue weighted by Crippen LogP contribution is 2.30. The van der Waals surface area contributed by atoms with Crippen LogP contribution in [0.4, 0.5) is 0 Å². The summed E-state index contributed by atoms with van der Waals surface area (Å²) < 4.78 is 1.20. The third-order valence-electron chi connectivity index (χ3n) is 3.16. The van der Waals surface area contributed by atoms with Crippen LogP contribution in [0.2, 0.25) is 0 Å². The Kier molecular flexibility index (Phi) is 3.27. The summed E-state index contributed by atoms with van der Waals surface area (Å²) in [4.78, 5) is 5.85. The number of aromatic nitrogens is 1. The normalized spacial score (nSPS) is 18.3. The third-order valence-corrected chi connectivity index (χ3v) is 5.08. The monoisotopic (exact) mass is 308 g/mol. The van der Waals surface area contributed by atoms with Crippen molar-refractivity contribution in [3.63, 3.8) is 0 Å². The number of nitrogens with one attached hydrogen (secondary N) is 1. The number of pyridine rings is 1. The number of nitrogens with zero attached hydrogens (tertiary/aromatic N) is 1. The SMILES string of the molecule is Brc1ccsc1CNC1CCc2cccnc21. The smallest absolute Gasteiger partial charge is 0.0605 e. The predicted molar refractivity (Wildman–Crippen MR) is 74.2 cm³/mol. The number of hydrogen-bond acceptors (Lipinski definition) is 3. The Labute approximate surface area is 113 Å². The van der Waals surface area contributed by atoms with Gasteiger partial charge < -0.3 is 5.32 Å². The molecular weight excluding hydrogens is 296 g/mol. The summed E-state index contributed by atoms with van der Waals surface area (Å²) in [6, 6.07) is 6.73. The van der Waals surface area contributed by atoms with Gasteiger partial charge in [0.15, 0.2) is 0 Å². The maximum absolute atomic E-state index is 4.49. The van der Waals surface area contributed by atoms with Crippen molar-refractivity contribution in [1.82, 2.24) is 10.3 Å². The van der Waals surface area contributed by atoms with E-state index in [1.807, 2.05) is 12.3 Å². The highest BCUT2D eigenvalue weighted by Gasteiger charge is 2.22. The Morgan fingerprint density at radius 3 is 3.24 bits per heavy atom. The van der Waals surface area contributed by atoms with E-state index in [9.17, 15) is 0 Å². The average Bonchev–Trinajstić information content (AvgIpc) is 2.93. The molecule has 0 saturated heterocycles. The summed E-state index contributed by atoms with van der Waals surface area (Å²) in [5.41, 5.74) is 2.63. The van der Waals surface area contributed by atoms with Crippen LogP contribution in [0.1, 0.15) is 28.6 Å². The van der Waals surface area contributed by atoms with Crippen molar-refractivity contribution in [2.24, 2.45) is 0 Å². The molecule has 0 bridgehead atoms. The van der Waals surface area contributed by atoms with Crippen molar-refractivity contribution in [1.29, 1.82) is 0 Å². The van der Waals surface area contributed by atoms with Gasteiger partial charge >= 0.3 is 0 Å². The molecule has 1 aliphatic rings. The van der Waals surface area contributed by atoms with E-state index in [1.54, 1.807) is 11.3 Å². The molecule has 2 heterocycles. The number of halogens is 1. The van der Waals surface area contributed by atoms with Crippen molar-refractivity contribution in [2.45, 2.75) is 25.4 Å². The maximum Gasteiger partial charge on any atom is 0.0605 e. The van der Waals surface area contributed by atoms with Crippen LogP contribution in [0.5, 0.6) is 0 Å². The van der Waals surface area contributed by atoms with Gasteiger partial charge in [-0.25, -0.2) is 0 Å². The second kappa shape index (κ2) is 4.88. The number of rotatable bonds is 3. The zero-order valence-corrected chi connectivity index (χ0v) is 11.7. The molecule has 0 fully saturated rings. The molecule has 0 aliphatic heterocycles. The van der Waals surface area contributed by atoms with Gasteiger partial charge in [-0.2, -0.15) is 0 Å². The van der Waals surface area contributed by atoms with E-state index in [1.165, 1.54) is 20.6 Å². The summed E-state index contributed by atoms with van der Waals surface area (Å²) >= 11 is 5.35. The third kappa shape index (κ3) is 2.30. The van der Waals surface area contributed by atoms with Gasteiger partial charge in [0.05, 0.1) is 11.7 Å². The van der Waals surface area contributed by atoms with Gasteiger partial charge in [0.2, 0.25) is 0 Å². The van der Waals surface area contributed by atoms with Gasteiger partial charge in [0.25, 0.3) is 0 Å². The fourth-order valence-corrected chi connectivity index (χ4v) is 3.72. The topological polar surface area (TPSA) is 24.9 Å². The molecule has 4 heteroatoms. The molecule has 2 aromatic heterocycles. The molecule has 2 aromatic rings. The van der Waals surface area contributed by atoms with E-state index in [2.05, 4.69) is 43.7 Å². The Bertz CT molecular complexity index is 524. The molecule has 88 valence electrons. The Morgan fingerprint density at radius 1 is 1.47 bits per heavy atom. The van der Waals surface area contributed by atoms with Crippen LogP contribution in [-0.2, 0) is 13.0 Å². The highest BCUT2D eigenvalue weighted by molar-refractivity contribution is 9.10. The van der Waals surface area contributed by atoms with Crippen LogP contribution in [0.3, 0.4) is 0 Å². The molecular formula is C13H13BrN2S. The van der Waals surface area contributed by atoms with Crippen LogP contribution in [0, 0.1) is 0 Å². The highest BCUT2D eigenvalue weighted by atomic mass is 79.9. The van der Waals surface area contributed by atoms with Crippen LogP contribution in [0.15, 0.2) is 34.2 Å². The number of aryl methyl sites for hydroxylation is 1. The van der Waals surface area contributed by atoms with Gasteiger partial charge in [0.1, 0.15) is 0 Å². The fourth-order valence-electron chi connectivity index (χ4n) is 2.28. The first kappa shape index (κ1) is 11.4. The lowest BCUT2D eigenvalue weighted by atomic mass is 10.2. The molecule has 2 nitrogen and oxygen atoms in total. The minimum Gasteiger partial charge on any atom is -0.304 e. The first-order valence-corrected chi connectivity index (χ1v) is 7.41. The molecule has 1 N–H and O–H groups in total. The van der Waals surface area contributed by atoms with E-state index >= 15 is 0 Å². The van der Waals surface area contributed by atoms with Crippen LogP contribution < -0.4 is 5.32 Å². The maximum atomic E-state index is 4.49. The molecule has 0 spiro atoms. The van der Waals surface area contributed by atoms with E-state index in [0.717, 1.165) is 19.4 Å². The van der Waals surface area contributed by atoms with Crippen molar-refractivity contribution in [2.75, 3.05) is 0 Å². The first-order valence-electron chi connectivity index (χ1n) is 5.73. The molecule has 1 atom stereocenters. The molecule has 0 saturated carbocycles. The van der Waals surface area contributed by atoms with Gasteiger partial charge in [-0.15, -0.1) is 11.3 Å². The Hall–Kier alpha value is -0.710. The standard InChI is InChI=1S/C13H13BrN2S/c14-10-5-7-17-12(10)8-16-11-4-3-9-2-1-6-15-13(9)11/h1-2,5-7,11,16H,3-4,8H2. The Balaban J connectivity index is 1.70. The van der Waals surface area contributed by atoms with Crippen molar-refractivity contribution >= 4 is 27.3 Å². The molecule has 17 heavy (non-hydrogen) atoms. The number of hydrogen-bond donors (Lipinski definition) is 1. The van der Waals surface area contributed by atoms with Crippen LogP contribution in [-0.4, -0.2) is 4.98 Å². The molecule has 0 aromatic carbocycles. The number of thiophene rings is 1. The van der Waals surface area contributed by atoms with Gasteiger partial charge in [-0.05, 0) is 51.8 Å². The minimum absolute atomic E-state index is 0.417. The molecule has 0 radical (unpaired) electrons. The molecule has 1 unspecified atom stereocenters. The zero-order valence-electron chi connectivity index (χ0n) is 9.32. The van der Waals surface area contributed by atoms with Crippen molar-refractivity contribution < 1.29 is 0 Å². The second-order valence-electron chi connectivity index (χ2n) is 4.21. The minimum atomic E-state index is 0.417. The van der Waals surface area contributed by atoms with E-state index in [0.29, 0.717) is 6.04 Å². The first-order chi connectivity index (χ1) is 8.34. The van der Waals surface area contributed by atoms with Crippen LogP contribution >= 0.6 is 27.3 Å². The molecule has 0 amide bonds. The van der Waals surface area contributed by atoms with Crippen molar-refractivity contribution in [3.05, 3.63) is 50.4 Å². The van der Waals surface area contributed by atoms with Crippen LogP contribution in [0.25, 0.3) is 0 Å². The zero-order chi connectivity index (χ0) is 11.7. The summed E-state index contributed by atoms with van der Waals surface area (Å²) in [6.45, 7) is 0.916. The Morgan fingerprint density at radius 2 is 2.41 bits per heavy atom. The predicted octanol–water partition coefficient (Wildman–Crippen LogP) is 3.68. The second-order valence-corrected chi connectivity index (χ2v) is 6.07. The lowest BCUT2D eigenvalue weighted by Crippen LogP contribution is -2.19. The lowest BCUT2D eigenvalue weighted by Gasteiger charge is -2.12. The number of fused-ring (bicyclic) bond motifs is 1. The van der Waals surface area contributed by atoms with E-state index in [-0.39, 0.29) is 0 Å². The van der Waals surface area contributed by atoms with Gasteiger partial charge in [0, 0.05) is 22.1 Å². The summed E-state index contributed by atoms with van der Waals surface area (Å²) in [6.07, 6.45) is 4.20. The van der Waals surface area contributed by atoms with Gasteiger partial charge in [-0.3, -0.25) is 4.98 Å². The summed E-state index contributed by atoms with van der Waals surface area (Å²) in [5, 5.41) is 5.71. The molecule has 1 aliphatic carbocycles. The largest absolute Gasteiger partial charge is 0.304 e. The summed E-state index contributed by atoms with van der Waals surface area (Å²) in [7, 11) is 0. The average molecular weight is 309 g/mol. The van der Waals surface area contributed by atoms with Gasteiger partial charge in [-0.1, -0.05) is 6.07 Å². The quantitative estimate of drug-likeness (QED) is 0.935. The summed E-state index contributed by atoms with van der Waals surface area (Å²) in [5.74, 6) is 0. The fraction of sp³-hybridized carbons (Fsp3) is 0.308.